The minimum Gasteiger partial charge on any atom is -0.451 e. The Morgan fingerprint density at radius 1 is 1.30 bits per heavy atom. The summed E-state index contributed by atoms with van der Waals surface area (Å²) in [6, 6.07) is 9.23. The van der Waals surface area contributed by atoms with E-state index in [0.717, 1.165) is 18.2 Å². The van der Waals surface area contributed by atoms with E-state index in [1.165, 1.54) is 0 Å². The fourth-order valence-electron chi connectivity index (χ4n) is 2.64. The van der Waals surface area contributed by atoms with Crippen molar-refractivity contribution in [2.45, 2.75) is 12.8 Å². The number of furan rings is 1. The van der Waals surface area contributed by atoms with Gasteiger partial charge in [-0.1, -0.05) is 18.2 Å². The molecule has 2 N–H and O–H groups in total. The second-order valence-corrected chi connectivity index (χ2v) is 5.14. The van der Waals surface area contributed by atoms with Crippen molar-refractivity contribution in [1.82, 2.24) is 4.90 Å². The molecule has 0 bridgehead atoms. The van der Waals surface area contributed by atoms with Crippen LogP contribution in [0.4, 0.5) is 0 Å². The first-order valence-corrected chi connectivity index (χ1v) is 6.72. The number of primary amides is 1. The van der Waals surface area contributed by atoms with Gasteiger partial charge in [0.25, 0.3) is 5.91 Å². The number of para-hydroxylation sites is 1. The number of fused-ring (bicyclic) bond motifs is 1. The third-order valence-electron chi connectivity index (χ3n) is 3.75. The molecule has 1 aliphatic rings. The molecular weight excluding hydrogens is 256 g/mol. The summed E-state index contributed by atoms with van der Waals surface area (Å²) in [5.74, 6) is -0.451. The van der Waals surface area contributed by atoms with Gasteiger partial charge in [0.1, 0.15) is 5.58 Å². The number of hydrogen-bond donors (Lipinski definition) is 1. The number of nitrogens with two attached hydrogens (primary N) is 1. The highest BCUT2D eigenvalue weighted by Crippen LogP contribution is 2.23. The first kappa shape index (κ1) is 12.7. The van der Waals surface area contributed by atoms with Crippen molar-refractivity contribution in [2.75, 3.05) is 13.1 Å². The van der Waals surface area contributed by atoms with E-state index in [2.05, 4.69) is 0 Å². The van der Waals surface area contributed by atoms with E-state index < -0.39 is 0 Å². The highest BCUT2D eigenvalue weighted by Gasteiger charge is 2.28. The molecule has 20 heavy (non-hydrogen) atoms. The van der Waals surface area contributed by atoms with Crippen molar-refractivity contribution in [3.63, 3.8) is 0 Å². The Morgan fingerprint density at radius 2 is 2.10 bits per heavy atom. The molecule has 0 spiro atoms. The smallest absolute Gasteiger partial charge is 0.289 e. The van der Waals surface area contributed by atoms with Gasteiger partial charge in [-0.15, -0.1) is 0 Å². The number of rotatable bonds is 2. The lowest BCUT2D eigenvalue weighted by Crippen LogP contribution is -2.44. The molecule has 1 aromatic heterocycles. The number of likely N-dealkylation sites (tertiary alicyclic amines) is 1. The van der Waals surface area contributed by atoms with E-state index in [1.54, 1.807) is 11.0 Å². The summed E-state index contributed by atoms with van der Waals surface area (Å²) >= 11 is 0. The molecule has 1 aliphatic heterocycles. The lowest BCUT2D eigenvalue weighted by molar-refractivity contribution is -0.123. The topological polar surface area (TPSA) is 76.5 Å². The van der Waals surface area contributed by atoms with Crippen LogP contribution in [0, 0.1) is 5.92 Å². The van der Waals surface area contributed by atoms with E-state index in [4.69, 9.17) is 10.2 Å². The molecule has 2 heterocycles. The van der Waals surface area contributed by atoms with Gasteiger partial charge in [0.05, 0.1) is 5.92 Å². The zero-order chi connectivity index (χ0) is 14.1. The highest BCUT2D eigenvalue weighted by atomic mass is 16.3. The van der Waals surface area contributed by atoms with Crippen molar-refractivity contribution in [1.29, 1.82) is 0 Å². The second kappa shape index (κ2) is 5.00. The Kier molecular flexibility index (Phi) is 3.18. The predicted octanol–water partition coefficient (Wildman–Crippen LogP) is 1.77. The Morgan fingerprint density at radius 3 is 2.85 bits per heavy atom. The Bertz CT molecular complexity index is 629. The average molecular weight is 272 g/mol. The summed E-state index contributed by atoms with van der Waals surface area (Å²) in [5, 5.41) is 0.902. The monoisotopic (exact) mass is 272 g/mol. The number of piperidine rings is 1. The summed E-state index contributed by atoms with van der Waals surface area (Å²) in [6.45, 7) is 1.02. The van der Waals surface area contributed by atoms with Crippen LogP contribution in [0.5, 0.6) is 0 Å². The van der Waals surface area contributed by atoms with Crippen LogP contribution in [-0.4, -0.2) is 29.8 Å². The molecule has 0 saturated carbocycles. The molecule has 5 heteroatoms. The van der Waals surface area contributed by atoms with Gasteiger partial charge in [-0.25, -0.2) is 0 Å². The minimum absolute atomic E-state index is 0.174. The summed E-state index contributed by atoms with van der Waals surface area (Å²) < 4.78 is 5.57. The molecule has 104 valence electrons. The molecule has 3 rings (SSSR count). The molecular formula is C15H16N2O3. The van der Waals surface area contributed by atoms with Crippen LogP contribution in [0.1, 0.15) is 23.4 Å². The van der Waals surface area contributed by atoms with Crippen molar-refractivity contribution in [3.8, 4) is 0 Å². The minimum atomic E-state index is -0.341. The van der Waals surface area contributed by atoms with Crippen molar-refractivity contribution in [2.24, 2.45) is 11.7 Å². The summed E-state index contributed by atoms with van der Waals surface area (Å²) in [6.07, 6.45) is 1.54. The van der Waals surface area contributed by atoms with E-state index in [9.17, 15) is 9.59 Å². The van der Waals surface area contributed by atoms with Crippen molar-refractivity contribution >= 4 is 22.8 Å². The number of carbonyl (C=O) groups excluding carboxylic acids is 2. The molecule has 1 fully saturated rings. The first-order valence-electron chi connectivity index (χ1n) is 6.72. The van der Waals surface area contributed by atoms with Crippen LogP contribution in [-0.2, 0) is 4.79 Å². The lowest BCUT2D eigenvalue weighted by atomic mass is 9.97. The number of carbonyl (C=O) groups is 2. The maximum absolute atomic E-state index is 12.4. The van der Waals surface area contributed by atoms with Gasteiger partial charge >= 0.3 is 0 Å². The molecule has 2 amide bonds. The van der Waals surface area contributed by atoms with Gasteiger partial charge in [-0.05, 0) is 25.0 Å². The Balaban J connectivity index is 1.82. The zero-order valence-corrected chi connectivity index (χ0v) is 11.0. The lowest BCUT2D eigenvalue weighted by Gasteiger charge is -2.30. The van der Waals surface area contributed by atoms with Gasteiger partial charge in [-0.3, -0.25) is 9.59 Å². The standard InChI is InChI=1S/C15H16N2O3/c16-14(18)11-5-3-7-17(9-11)15(19)13-8-10-4-1-2-6-12(10)20-13/h1-2,4,6,8,11H,3,5,7,9H2,(H2,16,18). The summed E-state index contributed by atoms with van der Waals surface area (Å²) in [7, 11) is 0. The maximum atomic E-state index is 12.4. The van der Waals surface area contributed by atoms with Gasteiger partial charge in [0, 0.05) is 18.5 Å². The Labute approximate surface area is 116 Å². The largest absolute Gasteiger partial charge is 0.451 e. The van der Waals surface area contributed by atoms with Gasteiger partial charge in [0.15, 0.2) is 5.76 Å². The molecule has 1 aromatic carbocycles. The van der Waals surface area contributed by atoms with Crippen LogP contribution in [0.2, 0.25) is 0 Å². The van der Waals surface area contributed by atoms with Crippen LogP contribution in [0.25, 0.3) is 11.0 Å². The quantitative estimate of drug-likeness (QED) is 0.905. The number of benzene rings is 1. The fraction of sp³-hybridized carbons (Fsp3) is 0.333. The molecule has 1 saturated heterocycles. The normalized spacial score (nSPS) is 19.2. The second-order valence-electron chi connectivity index (χ2n) is 5.14. The highest BCUT2D eigenvalue weighted by molar-refractivity contribution is 5.96. The van der Waals surface area contributed by atoms with Crippen molar-refractivity contribution < 1.29 is 14.0 Å². The van der Waals surface area contributed by atoms with Crippen LogP contribution in [0.3, 0.4) is 0 Å². The predicted molar refractivity (Wildman–Crippen MR) is 74.0 cm³/mol. The summed E-state index contributed by atoms with van der Waals surface area (Å²) in [5.41, 5.74) is 6.02. The third-order valence-corrected chi connectivity index (χ3v) is 3.75. The molecule has 0 aliphatic carbocycles. The zero-order valence-electron chi connectivity index (χ0n) is 11.0. The van der Waals surface area contributed by atoms with Gasteiger partial charge < -0.3 is 15.1 Å². The summed E-state index contributed by atoms with van der Waals surface area (Å²) in [4.78, 5) is 25.3. The number of nitrogens with zero attached hydrogens (tertiary/aromatic N) is 1. The molecule has 1 atom stereocenters. The van der Waals surface area contributed by atoms with E-state index in [0.29, 0.717) is 24.4 Å². The van der Waals surface area contributed by atoms with Crippen LogP contribution < -0.4 is 5.73 Å². The molecule has 1 unspecified atom stereocenters. The SMILES string of the molecule is NC(=O)C1CCCN(C(=O)c2cc3ccccc3o2)C1. The Hall–Kier alpha value is -2.30. The van der Waals surface area contributed by atoms with Crippen LogP contribution >= 0.6 is 0 Å². The average Bonchev–Trinajstić information content (AvgIpc) is 2.90. The maximum Gasteiger partial charge on any atom is 0.289 e. The number of amides is 2. The van der Waals surface area contributed by atoms with E-state index in [-0.39, 0.29) is 17.7 Å². The third kappa shape index (κ3) is 2.27. The van der Waals surface area contributed by atoms with Crippen molar-refractivity contribution in [3.05, 3.63) is 36.1 Å². The van der Waals surface area contributed by atoms with Gasteiger partial charge in [0.2, 0.25) is 5.91 Å². The van der Waals surface area contributed by atoms with Crippen LogP contribution in [0.15, 0.2) is 34.7 Å². The molecule has 0 radical (unpaired) electrons. The van der Waals surface area contributed by atoms with E-state index in [1.807, 2.05) is 24.3 Å². The molecule has 5 nitrogen and oxygen atoms in total. The number of hydrogen-bond acceptors (Lipinski definition) is 3. The molecule has 2 aromatic rings. The fourth-order valence-corrected chi connectivity index (χ4v) is 2.64. The van der Waals surface area contributed by atoms with Gasteiger partial charge in [-0.2, -0.15) is 0 Å². The first-order chi connectivity index (χ1) is 9.65. The van der Waals surface area contributed by atoms with E-state index >= 15 is 0 Å².